The maximum Gasteiger partial charge on any atom is 0.334 e. The van der Waals surface area contributed by atoms with Crippen LogP contribution >= 0.6 is 0 Å². The molecule has 100 valence electrons. The van der Waals surface area contributed by atoms with Gasteiger partial charge in [-0.25, -0.2) is 4.68 Å². The summed E-state index contributed by atoms with van der Waals surface area (Å²) in [7, 11) is 0. The van der Waals surface area contributed by atoms with E-state index in [1.165, 1.54) is 4.68 Å². The molecule has 0 amide bonds. The van der Waals surface area contributed by atoms with Crippen molar-refractivity contribution in [2.45, 2.75) is 6.92 Å². The Morgan fingerprint density at radius 3 is 2.68 bits per heavy atom. The van der Waals surface area contributed by atoms with E-state index in [9.17, 15) is 10.1 Å². The normalized spacial score (nSPS) is 10.4. The molecule has 0 spiro atoms. The zero-order valence-electron chi connectivity index (χ0n) is 10.4. The van der Waals surface area contributed by atoms with E-state index in [-0.39, 0.29) is 24.7 Å². The van der Waals surface area contributed by atoms with E-state index in [2.05, 4.69) is 10.4 Å². The summed E-state index contributed by atoms with van der Waals surface area (Å²) in [4.78, 5) is 10.6. The number of aliphatic hydroxyl groups is 1. The van der Waals surface area contributed by atoms with Crippen LogP contribution in [0.4, 0.5) is 11.5 Å². The van der Waals surface area contributed by atoms with Crippen molar-refractivity contribution >= 4 is 11.5 Å². The van der Waals surface area contributed by atoms with Gasteiger partial charge in [0, 0.05) is 6.54 Å². The molecule has 0 aliphatic heterocycles. The van der Waals surface area contributed by atoms with Crippen molar-refractivity contribution in [2.24, 2.45) is 0 Å². The van der Waals surface area contributed by atoms with Gasteiger partial charge in [-0.05, 0) is 19.1 Å². The lowest BCUT2D eigenvalue weighted by molar-refractivity contribution is -0.384. The van der Waals surface area contributed by atoms with Crippen LogP contribution in [0.1, 0.15) is 5.69 Å². The lowest BCUT2D eigenvalue weighted by atomic mass is 10.3. The molecule has 0 unspecified atom stereocenters. The number of aryl methyl sites for hydroxylation is 1. The number of nitro groups is 1. The molecule has 1 aromatic heterocycles. The van der Waals surface area contributed by atoms with Gasteiger partial charge in [-0.3, -0.25) is 10.1 Å². The molecule has 2 N–H and O–H groups in total. The number of nitrogens with one attached hydrogen (secondary N) is 1. The van der Waals surface area contributed by atoms with Gasteiger partial charge in [0.15, 0.2) is 0 Å². The third-order valence-corrected chi connectivity index (χ3v) is 2.62. The molecular weight excluding hydrogens is 248 g/mol. The average Bonchev–Trinajstić information content (AvgIpc) is 2.74. The number of hydrogen-bond donors (Lipinski definition) is 2. The van der Waals surface area contributed by atoms with Crippen LogP contribution in [-0.4, -0.2) is 33.0 Å². The van der Waals surface area contributed by atoms with Crippen molar-refractivity contribution in [1.82, 2.24) is 9.78 Å². The Morgan fingerprint density at radius 1 is 1.42 bits per heavy atom. The molecule has 0 saturated carbocycles. The highest BCUT2D eigenvalue weighted by molar-refractivity contribution is 5.62. The molecule has 7 nitrogen and oxygen atoms in total. The van der Waals surface area contributed by atoms with E-state index < -0.39 is 4.92 Å². The summed E-state index contributed by atoms with van der Waals surface area (Å²) in [5.74, 6) is 0.280. The zero-order valence-corrected chi connectivity index (χ0v) is 10.4. The SMILES string of the molecule is Cc1nn(-c2ccccc2)c(NCCO)c1[N+](=O)[O-]. The summed E-state index contributed by atoms with van der Waals surface area (Å²) in [6.45, 7) is 1.69. The fourth-order valence-corrected chi connectivity index (χ4v) is 1.83. The molecule has 1 aromatic carbocycles. The first-order valence-electron chi connectivity index (χ1n) is 5.79. The van der Waals surface area contributed by atoms with Crippen LogP contribution in [-0.2, 0) is 0 Å². The zero-order chi connectivity index (χ0) is 13.8. The standard InChI is InChI=1S/C12H14N4O3/c1-9-11(16(18)19)12(13-7-8-17)15(14-9)10-5-3-2-4-6-10/h2-6,13,17H,7-8H2,1H3. The lowest BCUT2D eigenvalue weighted by Crippen LogP contribution is -2.11. The van der Waals surface area contributed by atoms with Crippen LogP contribution < -0.4 is 5.32 Å². The Labute approximate surface area is 109 Å². The Kier molecular flexibility index (Phi) is 3.76. The van der Waals surface area contributed by atoms with Gasteiger partial charge in [0.05, 0.1) is 17.2 Å². The number of aromatic nitrogens is 2. The molecule has 0 atom stereocenters. The minimum Gasteiger partial charge on any atom is -0.395 e. The second-order valence-electron chi connectivity index (χ2n) is 3.94. The maximum atomic E-state index is 11.1. The van der Waals surface area contributed by atoms with E-state index in [0.29, 0.717) is 5.69 Å². The number of hydrogen-bond acceptors (Lipinski definition) is 5. The summed E-state index contributed by atoms with van der Waals surface area (Å²) in [5, 5.41) is 27.0. The Bertz CT molecular complexity index is 580. The highest BCUT2D eigenvalue weighted by Gasteiger charge is 2.25. The highest BCUT2D eigenvalue weighted by atomic mass is 16.6. The van der Waals surface area contributed by atoms with E-state index in [1.807, 2.05) is 18.2 Å². The van der Waals surface area contributed by atoms with Crippen molar-refractivity contribution in [3.05, 3.63) is 46.1 Å². The molecule has 1 heterocycles. The van der Waals surface area contributed by atoms with Gasteiger partial charge in [-0.15, -0.1) is 0 Å². The van der Waals surface area contributed by atoms with Crippen LogP contribution in [0.5, 0.6) is 0 Å². The molecule has 0 aliphatic carbocycles. The summed E-state index contributed by atoms with van der Waals surface area (Å²) in [6, 6.07) is 9.12. The molecular formula is C12H14N4O3. The number of benzene rings is 1. The third kappa shape index (κ3) is 2.55. The largest absolute Gasteiger partial charge is 0.395 e. The summed E-state index contributed by atoms with van der Waals surface area (Å²) in [6.07, 6.45) is 0. The number of anilines is 1. The molecule has 7 heteroatoms. The van der Waals surface area contributed by atoms with Crippen molar-refractivity contribution in [1.29, 1.82) is 0 Å². The van der Waals surface area contributed by atoms with Crippen molar-refractivity contribution in [2.75, 3.05) is 18.5 Å². The number of aliphatic hydroxyl groups excluding tert-OH is 1. The average molecular weight is 262 g/mol. The molecule has 0 saturated heterocycles. The Morgan fingerprint density at radius 2 is 2.11 bits per heavy atom. The van der Waals surface area contributed by atoms with E-state index in [0.717, 1.165) is 5.69 Å². The first-order chi connectivity index (χ1) is 9.15. The van der Waals surface area contributed by atoms with Gasteiger partial charge in [-0.2, -0.15) is 5.10 Å². The number of nitrogens with zero attached hydrogens (tertiary/aromatic N) is 3. The molecule has 0 radical (unpaired) electrons. The first kappa shape index (κ1) is 13.0. The fourth-order valence-electron chi connectivity index (χ4n) is 1.83. The maximum absolute atomic E-state index is 11.1. The summed E-state index contributed by atoms with van der Waals surface area (Å²) < 4.78 is 1.48. The number of para-hydroxylation sites is 1. The molecule has 19 heavy (non-hydrogen) atoms. The monoisotopic (exact) mass is 262 g/mol. The van der Waals surface area contributed by atoms with Crippen LogP contribution in [0.25, 0.3) is 5.69 Å². The Hall–Kier alpha value is -2.41. The predicted molar refractivity (Wildman–Crippen MR) is 70.5 cm³/mol. The topological polar surface area (TPSA) is 93.2 Å². The highest BCUT2D eigenvalue weighted by Crippen LogP contribution is 2.30. The van der Waals surface area contributed by atoms with Crippen LogP contribution in [0, 0.1) is 17.0 Å². The van der Waals surface area contributed by atoms with Gasteiger partial charge in [-0.1, -0.05) is 18.2 Å². The molecule has 0 fully saturated rings. The summed E-state index contributed by atoms with van der Waals surface area (Å²) >= 11 is 0. The van der Waals surface area contributed by atoms with Gasteiger partial charge in [0.2, 0.25) is 5.82 Å². The van der Waals surface area contributed by atoms with Crippen molar-refractivity contribution in [3.63, 3.8) is 0 Å². The molecule has 0 aliphatic rings. The second kappa shape index (κ2) is 5.49. The van der Waals surface area contributed by atoms with E-state index >= 15 is 0 Å². The van der Waals surface area contributed by atoms with Gasteiger partial charge in [0.1, 0.15) is 5.69 Å². The third-order valence-electron chi connectivity index (χ3n) is 2.62. The van der Waals surface area contributed by atoms with Gasteiger partial charge >= 0.3 is 5.69 Å². The minimum absolute atomic E-state index is 0.0719. The molecule has 0 bridgehead atoms. The second-order valence-corrected chi connectivity index (χ2v) is 3.94. The molecule has 2 rings (SSSR count). The van der Waals surface area contributed by atoms with Crippen LogP contribution in [0.2, 0.25) is 0 Å². The number of rotatable bonds is 5. The predicted octanol–water partition coefficient (Wildman–Crippen LogP) is 1.49. The fraction of sp³-hybridized carbons (Fsp3) is 0.250. The van der Waals surface area contributed by atoms with Gasteiger partial charge < -0.3 is 10.4 Å². The molecule has 2 aromatic rings. The van der Waals surface area contributed by atoms with E-state index in [4.69, 9.17) is 5.11 Å². The van der Waals surface area contributed by atoms with Crippen molar-refractivity contribution < 1.29 is 10.0 Å². The first-order valence-corrected chi connectivity index (χ1v) is 5.79. The quantitative estimate of drug-likeness (QED) is 0.629. The Balaban J connectivity index is 2.54. The summed E-state index contributed by atoms with van der Waals surface area (Å²) in [5.41, 5.74) is 0.978. The smallest absolute Gasteiger partial charge is 0.334 e. The van der Waals surface area contributed by atoms with Crippen molar-refractivity contribution in [3.8, 4) is 5.69 Å². The van der Waals surface area contributed by atoms with Crippen LogP contribution in [0.3, 0.4) is 0 Å². The van der Waals surface area contributed by atoms with Crippen LogP contribution in [0.15, 0.2) is 30.3 Å². The van der Waals surface area contributed by atoms with E-state index in [1.54, 1.807) is 19.1 Å². The lowest BCUT2D eigenvalue weighted by Gasteiger charge is -2.07. The minimum atomic E-state index is -0.471. The van der Waals surface area contributed by atoms with Gasteiger partial charge in [0.25, 0.3) is 0 Å².